The Morgan fingerprint density at radius 2 is 1.70 bits per heavy atom. The Kier molecular flexibility index (Phi) is 6.83. The van der Waals surface area contributed by atoms with E-state index in [2.05, 4.69) is 4.90 Å². The van der Waals surface area contributed by atoms with E-state index in [0.717, 1.165) is 26.1 Å². The van der Waals surface area contributed by atoms with Crippen LogP contribution in [0.15, 0.2) is 29.2 Å². The van der Waals surface area contributed by atoms with Gasteiger partial charge >= 0.3 is 0 Å². The third-order valence-corrected chi connectivity index (χ3v) is 5.79. The standard InChI is InChI=1S/C16H26N2O4S/c1-3-13-22-15-4-6-16(7-5-15)23(19,20)18-10-8-17(9-11-18)12-14-21-2/h4-7H,3,8-14H2,1-2H3. The molecule has 0 N–H and O–H groups in total. The molecule has 0 saturated carbocycles. The van der Waals surface area contributed by atoms with E-state index in [1.54, 1.807) is 35.7 Å². The maximum atomic E-state index is 12.7. The van der Waals surface area contributed by atoms with Crippen LogP contribution in [0.1, 0.15) is 13.3 Å². The highest BCUT2D eigenvalue weighted by atomic mass is 32.2. The summed E-state index contributed by atoms with van der Waals surface area (Å²) >= 11 is 0. The SMILES string of the molecule is CCCOc1ccc(S(=O)(=O)N2CCN(CCOC)CC2)cc1. The average molecular weight is 342 g/mol. The molecule has 1 aromatic rings. The van der Waals surface area contributed by atoms with Crippen molar-refractivity contribution in [3.05, 3.63) is 24.3 Å². The summed E-state index contributed by atoms with van der Waals surface area (Å²) in [5.41, 5.74) is 0. The molecule has 130 valence electrons. The Bertz CT molecular complexity index is 566. The minimum atomic E-state index is -3.42. The Morgan fingerprint density at radius 3 is 2.26 bits per heavy atom. The second-order valence-corrected chi connectivity index (χ2v) is 7.50. The summed E-state index contributed by atoms with van der Waals surface area (Å²) in [7, 11) is -1.75. The van der Waals surface area contributed by atoms with Gasteiger partial charge in [0, 0.05) is 39.8 Å². The van der Waals surface area contributed by atoms with E-state index in [9.17, 15) is 8.42 Å². The number of piperazine rings is 1. The highest BCUT2D eigenvalue weighted by Crippen LogP contribution is 2.21. The van der Waals surface area contributed by atoms with E-state index in [4.69, 9.17) is 9.47 Å². The monoisotopic (exact) mass is 342 g/mol. The molecule has 1 heterocycles. The zero-order valence-corrected chi connectivity index (χ0v) is 14.7. The summed E-state index contributed by atoms with van der Waals surface area (Å²) < 4.78 is 37.5. The van der Waals surface area contributed by atoms with Gasteiger partial charge in [0.15, 0.2) is 0 Å². The summed E-state index contributed by atoms with van der Waals surface area (Å²) in [5.74, 6) is 0.704. The molecule has 1 aromatic carbocycles. The van der Waals surface area contributed by atoms with E-state index in [-0.39, 0.29) is 0 Å². The second kappa shape index (κ2) is 8.63. The lowest BCUT2D eigenvalue weighted by Crippen LogP contribution is -2.49. The number of methoxy groups -OCH3 is 1. The van der Waals surface area contributed by atoms with Crippen LogP contribution < -0.4 is 4.74 Å². The quantitative estimate of drug-likeness (QED) is 0.715. The molecule has 0 bridgehead atoms. The van der Waals surface area contributed by atoms with Crippen molar-refractivity contribution >= 4 is 10.0 Å². The largest absolute Gasteiger partial charge is 0.494 e. The summed E-state index contributed by atoms with van der Waals surface area (Å²) in [6.07, 6.45) is 0.924. The molecule has 7 heteroatoms. The third-order valence-electron chi connectivity index (χ3n) is 3.88. The van der Waals surface area contributed by atoms with Crippen molar-refractivity contribution in [2.75, 3.05) is 53.0 Å². The Hall–Kier alpha value is -1.15. The number of ether oxygens (including phenoxy) is 2. The second-order valence-electron chi connectivity index (χ2n) is 5.56. The molecule has 0 amide bonds. The highest BCUT2D eigenvalue weighted by Gasteiger charge is 2.28. The topological polar surface area (TPSA) is 59.1 Å². The van der Waals surface area contributed by atoms with Gasteiger partial charge in [-0.2, -0.15) is 4.31 Å². The molecule has 1 saturated heterocycles. The van der Waals surface area contributed by atoms with Crippen LogP contribution in [-0.4, -0.2) is 70.7 Å². The Morgan fingerprint density at radius 1 is 1.04 bits per heavy atom. The predicted molar refractivity (Wildman–Crippen MR) is 89.3 cm³/mol. The molecule has 0 atom stereocenters. The first-order valence-corrected chi connectivity index (χ1v) is 9.46. The van der Waals surface area contributed by atoms with Gasteiger partial charge in [0.1, 0.15) is 5.75 Å². The van der Waals surface area contributed by atoms with Gasteiger partial charge in [0.25, 0.3) is 0 Å². The molecular formula is C16H26N2O4S. The van der Waals surface area contributed by atoms with Gasteiger partial charge in [0.2, 0.25) is 10.0 Å². The van der Waals surface area contributed by atoms with E-state index >= 15 is 0 Å². The molecule has 0 aliphatic carbocycles. The Labute approximate surface area is 139 Å². The maximum Gasteiger partial charge on any atom is 0.243 e. The minimum absolute atomic E-state index is 0.326. The van der Waals surface area contributed by atoms with Crippen LogP contribution in [0, 0.1) is 0 Å². The fraction of sp³-hybridized carbons (Fsp3) is 0.625. The molecule has 0 unspecified atom stereocenters. The van der Waals surface area contributed by atoms with Crippen molar-refractivity contribution in [2.45, 2.75) is 18.2 Å². The van der Waals surface area contributed by atoms with E-state index in [1.807, 2.05) is 6.92 Å². The van der Waals surface area contributed by atoms with E-state index in [0.29, 0.717) is 36.9 Å². The first kappa shape index (κ1) is 18.2. The summed E-state index contributed by atoms with van der Waals surface area (Å²) in [6, 6.07) is 6.68. The van der Waals surface area contributed by atoms with Crippen LogP contribution in [-0.2, 0) is 14.8 Å². The number of nitrogens with zero attached hydrogens (tertiary/aromatic N) is 2. The van der Waals surface area contributed by atoms with Crippen molar-refractivity contribution in [2.24, 2.45) is 0 Å². The average Bonchev–Trinajstić information content (AvgIpc) is 2.59. The van der Waals surface area contributed by atoms with Crippen molar-refractivity contribution in [1.82, 2.24) is 9.21 Å². The maximum absolute atomic E-state index is 12.7. The molecule has 6 nitrogen and oxygen atoms in total. The number of hydrogen-bond donors (Lipinski definition) is 0. The molecule has 1 aliphatic heterocycles. The Balaban J connectivity index is 1.96. The van der Waals surface area contributed by atoms with Crippen LogP contribution in [0.2, 0.25) is 0 Å². The fourth-order valence-electron chi connectivity index (χ4n) is 2.49. The van der Waals surface area contributed by atoms with Crippen molar-refractivity contribution in [3.63, 3.8) is 0 Å². The summed E-state index contributed by atoms with van der Waals surface area (Å²) in [5, 5.41) is 0. The minimum Gasteiger partial charge on any atom is -0.494 e. The normalized spacial score (nSPS) is 17.3. The molecule has 0 aromatic heterocycles. The van der Waals surface area contributed by atoms with Crippen molar-refractivity contribution < 1.29 is 17.9 Å². The van der Waals surface area contributed by atoms with Crippen LogP contribution in [0.3, 0.4) is 0 Å². The molecular weight excluding hydrogens is 316 g/mol. The predicted octanol–water partition coefficient (Wildman–Crippen LogP) is 1.43. The van der Waals surface area contributed by atoms with Crippen LogP contribution in [0.4, 0.5) is 0 Å². The molecule has 1 aliphatic rings. The van der Waals surface area contributed by atoms with Crippen molar-refractivity contribution in [3.8, 4) is 5.75 Å². The summed E-state index contributed by atoms with van der Waals surface area (Å²) in [4.78, 5) is 2.55. The first-order valence-electron chi connectivity index (χ1n) is 8.02. The molecule has 0 spiro atoms. The molecule has 1 fully saturated rings. The van der Waals surface area contributed by atoms with Crippen LogP contribution >= 0.6 is 0 Å². The lowest BCUT2D eigenvalue weighted by molar-refractivity contribution is 0.123. The van der Waals surface area contributed by atoms with Crippen LogP contribution in [0.5, 0.6) is 5.75 Å². The molecule has 0 radical (unpaired) electrons. The van der Waals surface area contributed by atoms with Gasteiger partial charge in [0.05, 0.1) is 18.1 Å². The summed E-state index contributed by atoms with van der Waals surface area (Å²) in [6.45, 7) is 6.68. The number of rotatable bonds is 8. The smallest absolute Gasteiger partial charge is 0.243 e. The van der Waals surface area contributed by atoms with Gasteiger partial charge in [-0.1, -0.05) is 6.92 Å². The van der Waals surface area contributed by atoms with Gasteiger partial charge < -0.3 is 9.47 Å². The molecule has 23 heavy (non-hydrogen) atoms. The highest BCUT2D eigenvalue weighted by molar-refractivity contribution is 7.89. The van der Waals surface area contributed by atoms with Crippen LogP contribution in [0.25, 0.3) is 0 Å². The lowest BCUT2D eigenvalue weighted by atomic mass is 10.3. The zero-order valence-electron chi connectivity index (χ0n) is 13.9. The lowest BCUT2D eigenvalue weighted by Gasteiger charge is -2.33. The van der Waals surface area contributed by atoms with E-state index < -0.39 is 10.0 Å². The number of benzene rings is 1. The molecule has 2 rings (SSSR count). The van der Waals surface area contributed by atoms with E-state index in [1.165, 1.54) is 0 Å². The number of hydrogen-bond acceptors (Lipinski definition) is 5. The van der Waals surface area contributed by atoms with Gasteiger partial charge in [-0.15, -0.1) is 0 Å². The third kappa shape index (κ3) is 4.91. The number of sulfonamides is 1. The van der Waals surface area contributed by atoms with Gasteiger partial charge in [-0.05, 0) is 30.7 Å². The van der Waals surface area contributed by atoms with Crippen molar-refractivity contribution in [1.29, 1.82) is 0 Å². The zero-order chi connectivity index (χ0) is 16.7. The fourth-order valence-corrected chi connectivity index (χ4v) is 3.91. The van der Waals surface area contributed by atoms with Gasteiger partial charge in [-0.3, -0.25) is 4.90 Å². The first-order chi connectivity index (χ1) is 11.1. The van der Waals surface area contributed by atoms with Gasteiger partial charge in [-0.25, -0.2) is 8.42 Å².